The van der Waals surface area contributed by atoms with Crippen LogP contribution < -0.4 is 5.69 Å². The van der Waals surface area contributed by atoms with Crippen molar-refractivity contribution in [3.63, 3.8) is 0 Å². The molecule has 1 aromatic carbocycles. The summed E-state index contributed by atoms with van der Waals surface area (Å²) in [6.07, 6.45) is 0. The molecule has 0 bridgehead atoms. The fraction of sp³-hybridized carbons (Fsp3) is 0.222. The number of nitrogens with zero attached hydrogens (tertiary/aromatic N) is 1. The van der Waals surface area contributed by atoms with Gasteiger partial charge < -0.3 is 4.98 Å². The summed E-state index contributed by atoms with van der Waals surface area (Å²) < 4.78 is 23.7. The molecule has 0 saturated heterocycles. The summed E-state index contributed by atoms with van der Waals surface area (Å²) in [5.41, 5.74) is 0.867. The smallest absolute Gasteiger partial charge is 0.305 e. The van der Waals surface area contributed by atoms with Crippen molar-refractivity contribution >= 4 is 30.8 Å². The average Bonchev–Trinajstić information content (AvgIpc) is 2.50. The van der Waals surface area contributed by atoms with Gasteiger partial charge in [0, 0.05) is 17.2 Å². The van der Waals surface area contributed by atoms with E-state index in [1.54, 1.807) is 6.07 Å². The molecule has 0 aliphatic carbocycles. The molecule has 1 N–H and O–H groups in total. The van der Waals surface area contributed by atoms with Crippen LogP contribution in [0.5, 0.6) is 0 Å². The van der Waals surface area contributed by atoms with Gasteiger partial charge in [0.05, 0.1) is 15.9 Å². The number of aromatic nitrogens is 2. The van der Waals surface area contributed by atoms with Crippen molar-refractivity contribution in [2.75, 3.05) is 0 Å². The SMILES string of the molecule is CCn1c(=O)[nH]c2cc(S(=O)(=O)Cl)ccc21. The first-order chi connectivity index (χ1) is 7.43. The minimum absolute atomic E-state index is 0.0221. The van der Waals surface area contributed by atoms with Gasteiger partial charge >= 0.3 is 5.69 Å². The number of aryl methyl sites for hydroxylation is 1. The maximum atomic E-state index is 11.5. The van der Waals surface area contributed by atoms with Crippen molar-refractivity contribution < 1.29 is 8.42 Å². The molecule has 0 amide bonds. The van der Waals surface area contributed by atoms with Crippen LogP contribution in [0, 0.1) is 0 Å². The van der Waals surface area contributed by atoms with Gasteiger partial charge in [-0.05, 0) is 25.1 Å². The molecule has 0 aliphatic heterocycles. The summed E-state index contributed by atoms with van der Waals surface area (Å²) in [4.78, 5) is 14.0. The Labute approximate surface area is 96.1 Å². The second-order valence-corrected chi connectivity index (χ2v) is 5.86. The van der Waals surface area contributed by atoms with Crippen LogP contribution in [0.4, 0.5) is 0 Å². The monoisotopic (exact) mass is 260 g/mol. The van der Waals surface area contributed by atoms with Gasteiger partial charge in [0.25, 0.3) is 9.05 Å². The lowest BCUT2D eigenvalue weighted by Gasteiger charge is -1.99. The maximum absolute atomic E-state index is 11.5. The van der Waals surface area contributed by atoms with Crippen LogP contribution in [0.2, 0.25) is 0 Å². The minimum Gasteiger partial charge on any atom is -0.305 e. The number of halogens is 1. The van der Waals surface area contributed by atoms with Crippen molar-refractivity contribution in [3.8, 4) is 0 Å². The molecule has 7 heteroatoms. The molecule has 5 nitrogen and oxygen atoms in total. The van der Waals surface area contributed by atoms with Crippen molar-refractivity contribution in [1.82, 2.24) is 9.55 Å². The van der Waals surface area contributed by atoms with E-state index < -0.39 is 9.05 Å². The highest BCUT2D eigenvalue weighted by molar-refractivity contribution is 8.13. The number of aromatic amines is 1. The van der Waals surface area contributed by atoms with Crippen LogP contribution in [-0.2, 0) is 15.6 Å². The summed E-state index contributed by atoms with van der Waals surface area (Å²) >= 11 is 0. The zero-order valence-corrected chi connectivity index (χ0v) is 9.97. The van der Waals surface area contributed by atoms with Crippen LogP contribution in [0.1, 0.15) is 6.92 Å². The van der Waals surface area contributed by atoms with E-state index >= 15 is 0 Å². The molecular formula is C9H9ClN2O3S. The van der Waals surface area contributed by atoms with E-state index in [4.69, 9.17) is 10.7 Å². The fourth-order valence-electron chi connectivity index (χ4n) is 1.61. The topological polar surface area (TPSA) is 71.9 Å². The molecule has 0 fully saturated rings. The number of hydrogen-bond acceptors (Lipinski definition) is 3. The van der Waals surface area contributed by atoms with Crippen LogP contribution in [0.3, 0.4) is 0 Å². The molecule has 0 atom stereocenters. The quantitative estimate of drug-likeness (QED) is 0.827. The molecule has 0 unspecified atom stereocenters. The second kappa shape index (κ2) is 3.64. The number of fused-ring (bicyclic) bond motifs is 1. The summed E-state index contributed by atoms with van der Waals surface area (Å²) in [6.45, 7) is 2.35. The van der Waals surface area contributed by atoms with Crippen LogP contribution in [0.15, 0.2) is 27.9 Å². The van der Waals surface area contributed by atoms with Crippen LogP contribution >= 0.6 is 10.7 Å². The van der Waals surface area contributed by atoms with E-state index in [1.165, 1.54) is 16.7 Å². The molecule has 2 rings (SSSR count). The molecular weight excluding hydrogens is 252 g/mol. The minimum atomic E-state index is -3.76. The van der Waals surface area contributed by atoms with Crippen LogP contribution in [0.25, 0.3) is 11.0 Å². The lowest BCUT2D eigenvalue weighted by Crippen LogP contribution is -2.14. The average molecular weight is 261 g/mol. The van der Waals surface area contributed by atoms with Crippen LogP contribution in [-0.4, -0.2) is 18.0 Å². The summed E-state index contributed by atoms with van der Waals surface area (Å²) in [5.74, 6) is 0. The number of benzene rings is 1. The Hall–Kier alpha value is -1.27. The van der Waals surface area contributed by atoms with Crippen molar-refractivity contribution in [3.05, 3.63) is 28.7 Å². The normalized spacial score (nSPS) is 12.1. The van der Waals surface area contributed by atoms with E-state index in [0.717, 1.165) is 0 Å². The molecule has 16 heavy (non-hydrogen) atoms. The van der Waals surface area contributed by atoms with E-state index in [0.29, 0.717) is 17.6 Å². The summed E-state index contributed by atoms with van der Waals surface area (Å²) in [6, 6.07) is 4.29. The molecule has 0 saturated carbocycles. The lowest BCUT2D eigenvalue weighted by atomic mass is 10.3. The third-order valence-electron chi connectivity index (χ3n) is 2.34. The Morgan fingerprint density at radius 2 is 2.12 bits per heavy atom. The number of imidazole rings is 1. The van der Waals surface area contributed by atoms with Crippen molar-refractivity contribution in [2.24, 2.45) is 0 Å². The molecule has 1 heterocycles. The standard InChI is InChI=1S/C9H9ClN2O3S/c1-2-12-8-4-3-6(16(10,14)15)5-7(8)11-9(12)13/h3-5H,2H2,1H3,(H,11,13). The van der Waals surface area contributed by atoms with E-state index in [9.17, 15) is 13.2 Å². The molecule has 1 aromatic heterocycles. The zero-order valence-electron chi connectivity index (χ0n) is 8.40. The van der Waals surface area contributed by atoms with Gasteiger partial charge in [-0.25, -0.2) is 13.2 Å². The maximum Gasteiger partial charge on any atom is 0.326 e. The first-order valence-corrected chi connectivity index (χ1v) is 6.91. The molecule has 86 valence electrons. The zero-order chi connectivity index (χ0) is 11.9. The highest BCUT2D eigenvalue weighted by Crippen LogP contribution is 2.19. The van der Waals surface area contributed by atoms with E-state index in [2.05, 4.69) is 4.98 Å². The van der Waals surface area contributed by atoms with Gasteiger partial charge in [0.2, 0.25) is 0 Å². The molecule has 2 aromatic rings. The third kappa shape index (κ3) is 1.74. The molecule has 0 spiro atoms. The highest BCUT2D eigenvalue weighted by Gasteiger charge is 2.12. The Kier molecular flexibility index (Phi) is 2.55. The number of hydrogen-bond donors (Lipinski definition) is 1. The first kappa shape index (κ1) is 11.2. The Morgan fingerprint density at radius 1 is 1.44 bits per heavy atom. The number of rotatable bonds is 2. The van der Waals surface area contributed by atoms with Gasteiger partial charge in [-0.3, -0.25) is 4.57 Å². The Balaban J connectivity index is 2.80. The number of nitrogens with one attached hydrogen (secondary N) is 1. The van der Waals surface area contributed by atoms with E-state index in [-0.39, 0.29) is 10.6 Å². The fourth-order valence-corrected chi connectivity index (χ4v) is 2.39. The first-order valence-electron chi connectivity index (χ1n) is 4.60. The van der Waals surface area contributed by atoms with Crippen molar-refractivity contribution in [2.45, 2.75) is 18.4 Å². The van der Waals surface area contributed by atoms with Gasteiger partial charge in [0.1, 0.15) is 0 Å². The van der Waals surface area contributed by atoms with E-state index in [1.807, 2.05) is 6.92 Å². The molecule has 0 radical (unpaired) electrons. The highest BCUT2D eigenvalue weighted by atomic mass is 35.7. The largest absolute Gasteiger partial charge is 0.326 e. The molecule has 0 aliphatic rings. The number of H-pyrrole nitrogens is 1. The second-order valence-electron chi connectivity index (χ2n) is 3.29. The Bertz CT molecular complexity index is 699. The van der Waals surface area contributed by atoms with Gasteiger partial charge in [0.15, 0.2) is 0 Å². The lowest BCUT2D eigenvalue weighted by molar-refractivity contribution is 0.609. The van der Waals surface area contributed by atoms with Crippen molar-refractivity contribution in [1.29, 1.82) is 0 Å². The predicted molar refractivity (Wildman–Crippen MR) is 61.3 cm³/mol. The van der Waals surface area contributed by atoms with Gasteiger partial charge in [-0.15, -0.1) is 0 Å². The summed E-state index contributed by atoms with van der Waals surface area (Å²) in [5, 5.41) is 0. The third-order valence-corrected chi connectivity index (χ3v) is 3.69. The predicted octanol–water partition coefficient (Wildman–Crippen LogP) is 1.28. The van der Waals surface area contributed by atoms with Gasteiger partial charge in [-0.2, -0.15) is 0 Å². The Morgan fingerprint density at radius 3 is 2.69 bits per heavy atom. The summed E-state index contributed by atoms with van der Waals surface area (Å²) in [7, 11) is 1.45. The van der Waals surface area contributed by atoms with Gasteiger partial charge in [-0.1, -0.05) is 0 Å².